The number of carboxylic acid groups (broad SMARTS) is 1. The van der Waals surface area contributed by atoms with Crippen LogP contribution >= 0.6 is 0 Å². The molecule has 0 heterocycles. The molecule has 0 aliphatic heterocycles. The maximum absolute atomic E-state index is 12.9. The summed E-state index contributed by atoms with van der Waals surface area (Å²) in [4.78, 5) is 25.1. The Balaban J connectivity index is 1.59. The molecule has 4 nitrogen and oxygen atoms in total. The smallest absolute Gasteiger partial charge is 0.307 e. The second-order valence-electron chi connectivity index (χ2n) is 8.15. The SMILES string of the molecule is C[C@H](OC(=O)CC1[C@H](c2ccccc2)C(C(=O)O)[C@H]1c1ccccc1)c1ccccc1. The van der Waals surface area contributed by atoms with Crippen LogP contribution in [0.15, 0.2) is 91.0 Å². The predicted molar refractivity (Wildman–Crippen MR) is 119 cm³/mol. The summed E-state index contributed by atoms with van der Waals surface area (Å²) < 4.78 is 5.72. The highest BCUT2D eigenvalue weighted by atomic mass is 16.5. The maximum atomic E-state index is 12.9. The number of rotatable bonds is 7. The van der Waals surface area contributed by atoms with E-state index >= 15 is 0 Å². The number of carboxylic acids is 1. The van der Waals surface area contributed by atoms with Crippen molar-refractivity contribution in [3.8, 4) is 0 Å². The minimum atomic E-state index is -0.829. The van der Waals surface area contributed by atoms with E-state index in [1.165, 1.54) is 0 Å². The van der Waals surface area contributed by atoms with Gasteiger partial charge in [-0.1, -0.05) is 91.0 Å². The Bertz CT molecular complexity index is 969. The van der Waals surface area contributed by atoms with Gasteiger partial charge in [0.15, 0.2) is 0 Å². The van der Waals surface area contributed by atoms with Crippen molar-refractivity contribution >= 4 is 11.9 Å². The zero-order valence-electron chi connectivity index (χ0n) is 17.4. The molecule has 3 aromatic rings. The van der Waals surface area contributed by atoms with E-state index in [0.717, 1.165) is 16.7 Å². The van der Waals surface area contributed by atoms with Gasteiger partial charge in [0.1, 0.15) is 6.10 Å². The molecule has 1 fully saturated rings. The molecule has 31 heavy (non-hydrogen) atoms. The molecular formula is C27H26O4. The van der Waals surface area contributed by atoms with Gasteiger partial charge >= 0.3 is 11.9 Å². The fourth-order valence-electron chi connectivity index (χ4n) is 4.88. The maximum Gasteiger partial charge on any atom is 0.307 e. The van der Waals surface area contributed by atoms with Crippen molar-refractivity contribution in [1.29, 1.82) is 0 Å². The number of hydrogen-bond donors (Lipinski definition) is 1. The van der Waals surface area contributed by atoms with Crippen LogP contribution in [0.2, 0.25) is 0 Å². The fraction of sp³-hybridized carbons (Fsp3) is 0.259. The third-order valence-electron chi connectivity index (χ3n) is 6.33. The van der Waals surface area contributed by atoms with Crippen LogP contribution in [-0.2, 0) is 14.3 Å². The molecule has 0 spiro atoms. The van der Waals surface area contributed by atoms with Gasteiger partial charge in [0.2, 0.25) is 0 Å². The van der Waals surface area contributed by atoms with Gasteiger partial charge in [-0.3, -0.25) is 9.59 Å². The zero-order chi connectivity index (χ0) is 21.8. The van der Waals surface area contributed by atoms with Gasteiger partial charge in [-0.25, -0.2) is 0 Å². The van der Waals surface area contributed by atoms with Crippen LogP contribution in [0, 0.1) is 11.8 Å². The van der Waals surface area contributed by atoms with Gasteiger partial charge in [-0.15, -0.1) is 0 Å². The second-order valence-corrected chi connectivity index (χ2v) is 8.15. The first-order valence-corrected chi connectivity index (χ1v) is 10.6. The van der Waals surface area contributed by atoms with Crippen molar-refractivity contribution < 1.29 is 19.4 Å². The minimum absolute atomic E-state index is 0.138. The Morgan fingerprint density at radius 2 is 1.26 bits per heavy atom. The number of aliphatic carboxylic acids is 1. The van der Waals surface area contributed by atoms with E-state index in [4.69, 9.17) is 4.74 Å². The van der Waals surface area contributed by atoms with Crippen molar-refractivity contribution in [2.45, 2.75) is 31.3 Å². The summed E-state index contributed by atoms with van der Waals surface area (Å²) in [5, 5.41) is 10.0. The largest absolute Gasteiger partial charge is 0.481 e. The van der Waals surface area contributed by atoms with E-state index in [2.05, 4.69) is 0 Å². The molecule has 1 N–H and O–H groups in total. The minimum Gasteiger partial charge on any atom is -0.481 e. The highest BCUT2D eigenvalue weighted by Crippen LogP contribution is 2.59. The Morgan fingerprint density at radius 1 is 0.806 bits per heavy atom. The monoisotopic (exact) mass is 414 g/mol. The average Bonchev–Trinajstić information content (AvgIpc) is 2.78. The normalized spacial score (nSPS) is 23.4. The van der Waals surface area contributed by atoms with Gasteiger partial charge < -0.3 is 9.84 Å². The number of carbonyl (C=O) groups is 2. The quantitative estimate of drug-likeness (QED) is 0.513. The van der Waals surface area contributed by atoms with E-state index < -0.39 is 11.9 Å². The zero-order valence-corrected chi connectivity index (χ0v) is 17.4. The Labute approximate surface area is 182 Å². The summed E-state index contributed by atoms with van der Waals surface area (Å²) in [7, 11) is 0. The first kappa shape index (κ1) is 20.9. The third kappa shape index (κ3) is 4.38. The van der Waals surface area contributed by atoms with Crippen molar-refractivity contribution in [2.75, 3.05) is 0 Å². The number of esters is 1. The summed E-state index contributed by atoms with van der Waals surface area (Å²) in [6, 6.07) is 28.9. The molecule has 0 aromatic heterocycles. The van der Waals surface area contributed by atoms with Crippen molar-refractivity contribution in [1.82, 2.24) is 0 Å². The first-order chi connectivity index (χ1) is 15.1. The van der Waals surface area contributed by atoms with E-state index in [-0.39, 0.29) is 36.2 Å². The van der Waals surface area contributed by atoms with Crippen molar-refractivity contribution in [2.24, 2.45) is 11.8 Å². The lowest BCUT2D eigenvalue weighted by Gasteiger charge is -2.50. The molecule has 1 aliphatic carbocycles. The lowest BCUT2D eigenvalue weighted by molar-refractivity contribution is -0.158. The molecule has 0 saturated heterocycles. The Morgan fingerprint density at radius 3 is 1.71 bits per heavy atom. The van der Waals surface area contributed by atoms with Crippen molar-refractivity contribution in [3.63, 3.8) is 0 Å². The average molecular weight is 415 g/mol. The number of ether oxygens (including phenoxy) is 1. The van der Waals surface area contributed by atoms with Crippen LogP contribution < -0.4 is 0 Å². The van der Waals surface area contributed by atoms with Gasteiger partial charge in [0.05, 0.1) is 5.92 Å². The fourth-order valence-corrected chi connectivity index (χ4v) is 4.88. The van der Waals surface area contributed by atoms with Gasteiger partial charge in [-0.05, 0) is 29.5 Å². The number of hydrogen-bond acceptors (Lipinski definition) is 3. The molecule has 0 radical (unpaired) electrons. The summed E-state index contributed by atoms with van der Waals surface area (Å²) >= 11 is 0. The molecule has 4 heteroatoms. The molecule has 3 aromatic carbocycles. The summed E-state index contributed by atoms with van der Waals surface area (Å²) in [6.45, 7) is 1.86. The summed E-state index contributed by atoms with van der Waals surface area (Å²) in [5.41, 5.74) is 2.85. The van der Waals surface area contributed by atoms with Gasteiger partial charge in [-0.2, -0.15) is 0 Å². The van der Waals surface area contributed by atoms with Crippen LogP contribution in [0.25, 0.3) is 0 Å². The highest BCUT2D eigenvalue weighted by molar-refractivity contribution is 5.77. The van der Waals surface area contributed by atoms with E-state index in [9.17, 15) is 14.7 Å². The second kappa shape index (κ2) is 9.17. The molecule has 158 valence electrons. The van der Waals surface area contributed by atoms with Gasteiger partial charge in [0.25, 0.3) is 0 Å². The molecule has 0 bridgehead atoms. The first-order valence-electron chi connectivity index (χ1n) is 10.6. The van der Waals surface area contributed by atoms with Crippen molar-refractivity contribution in [3.05, 3.63) is 108 Å². The predicted octanol–water partition coefficient (Wildman–Crippen LogP) is 5.58. The Kier molecular flexibility index (Phi) is 6.17. The lowest BCUT2D eigenvalue weighted by Crippen LogP contribution is -2.48. The van der Waals surface area contributed by atoms with Crippen LogP contribution in [0.1, 0.15) is 48.0 Å². The molecule has 0 unspecified atom stereocenters. The topological polar surface area (TPSA) is 63.6 Å². The summed E-state index contributed by atoms with van der Waals surface area (Å²) in [6.07, 6.45) is -0.172. The number of benzene rings is 3. The molecule has 1 saturated carbocycles. The molecule has 1 aliphatic rings. The Hall–Kier alpha value is -3.40. The van der Waals surface area contributed by atoms with E-state index in [1.54, 1.807) is 0 Å². The molecule has 4 rings (SSSR count). The van der Waals surface area contributed by atoms with E-state index in [0.29, 0.717) is 0 Å². The van der Waals surface area contributed by atoms with Crippen LogP contribution in [0.4, 0.5) is 0 Å². The third-order valence-corrected chi connectivity index (χ3v) is 6.33. The standard InChI is InChI=1S/C27H26O4/c1-18(19-11-5-2-6-12-19)31-23(28)17-22-24(20-13-7-3-8-14-20)26(27(29)30)25(22)21-15-9-4-10-16-21/h2-16,18,22,24-26H,17H2,1H3,(H,29,30)/t18-,22?,24-,25-,26?/m0/s1. The number of carbonyl (C=O) groups excluding carboxylic acids is 1. The molecule has 3 atom stereocenters. The van der Waals surface area contributed by atoms with Gasteiger partial charge in [0, 0.05) is 18.3 Å². The lowest BCUT2D eigenvalue weighted by atomic mass is 9.51. The highest BCUT2D eigenvalue weighted by Gasteiger charge is 2.55. The van der Waals surface area contributed by atoms with Crippen LogP contribution in [0.3, 0.4) is 0 Å². The van der Waals surface area contributed by atoms with Crippen LogP contribution in [0.5, 0.6) is 0 Å². The summed E-state index contributed by atoms with van der Waals surface area (Å²) in [5.74, 6) is -2.31. The van der Waals surface area contributed by atoms with Crippen LogP contribution in [-0.4, -0.2) is 17.0 Å². The molecular weight excluding hydrogens is 388 g/mol. The molecule has 0 amide bonds. The van der Waals surface area contributed by atoms with E-state index in [1.807, 2.05) is 97.9 Å².